The number of terminal acetylenes is 1. The van der Waals surface area contributed by atoms with E-state index < -0.39 is 27.9 Å². The predicted molar refractivity (Wildman–Crippen MR) is 70.4 cm³/mol. The van der Waals surface area contributed by atoms with Gasteiger partial charge in [-0.15, -0.1) is 6.42 Å². The summed E-state index contributed by atoms with van der Waals surface area (Å²) in [4.78, 5) is 23.9. The largest absolute Gasteiger partial charge is 0.480 e. The van der Waals surface area contributed by atoms with Gasteiger partial charge in [0, 0.05) is 12.8 Å². The van der Waals surface area contributed by atoms with Crippen LogP contribution < -0.4 is 5.32 Å². The number of hydrogen-bond donors (Lipinski definition) is 2. The van der Waals surface area contributed by atoms with E-state index in [0.717, 1.165) is 6.26 Å². The molecule has 0 radical (unpaired) electrons. The van der Waals surface area contributed by atoms with Crippen molar-refractivity contribution in [3.63, 3.8) is 0 Å². The van der Waals surface area contributed by atoms with Gasteiger partial charge in [0.1, 0.15) is 15.9 Å². The molecular weight excluding hydrogens is 272 g/mol. The molecule has 8 heteroatoms. The van der Waals surface area contributed by atoms with Crippen molar-refractivity contribution in [3.05, 3.63) is 0 Å². The molecule has 0 heterocycles. The molecule has 0 aliphatic heterocycles. The van der Waals surface area contributed by atoms with E-state index in [-0.39, 0.29) is 18.7 Å². The first kappa shape index (κ1) is 17.2. The average molecular weight is 290 g/mol. The predicted octanol–water partition coefficient (Wildman–Crippen LogP) is -0.461. The second-order valence-corrected chi connectivity index (χ2v) is 6.24. The molecule has 1 atom stereocenters. The third-order valence-corrected chi connectivity index (χ3v) is 3.30. The smallest absolute Gasteiger partial charge is 0.326 e. The number of aliphatic carboxylic acids is 1. The Morgan fingerprint density at radius 2 is 2.05 bits per heavy atom. The van der Waals surface area contributed by atoms with E-state index in [0.29, 0.717) is 6.54 Å². The summed E-state index contributed by atoms with van der Waals surface area (Å²) in [6, 6.07) is -1.88. The summed E-state index contributed by atoms with van der Waals surface area (Å²) >= 11 is 0. The molecule has 0 aromatic rings. The number of rotatable bonds is 7. The van der Waals surface area contributed by atoms with Crippen LogP contribution in [0.1, 0.15) is 13.3 Å². The number of amides is 2. The van der Waals surface area contributed by atoms with Crippen LogP contribution in [0.2, 0.25) is 0 Å². The van der Waals surface area contributed by atoms with Crippen molar-refractivity contribution < 1.29 is 23.1 Å². The lowest BCUT2D eigenvalue weighted by atomic mass is 10.2. The third kappa shape index (κ3) is 7.31. The van der Waals surface area contributed by atoms with Crippen molar-refractivity contribution in [2.75, 3.05) is 25.1 Å². The Bertz CT molecular complexity index is 466. The van der Waals surface area contributed by atoms with Gasteiger partial charge in [0.05, 0.1) is 12.3 Å². The fourth-order valence-electron chi connectivity index (χ4n) is 1.27. The van der Waals surface area contributed by atoms with Gasteiger partial charge in [-0.1, -0.05) is 5.92 Å². The molecule has 7 nitrogen and oxygen atoms in total. The van der Waals surface area contributed by atoms with Gasteiger partial charge in [0.2, 0.25) is 0 Å². The fraction of sp³-hybridized carbons (Fsp3) is 0.636. The van der Waals surface area contributed by atoms with Crippen LogP contribution >= 0.6 is 0 Å². The number of carbonyl (C=O) groups is 2. The van der Waals surface area contributed by atoms with Gasteiger partial charge >= 0.3 is 12.0 Å². The number of hydrogen-bond acceptors (Lipinski definition) is 4. The maximum atomic E-state index is 11.7. The van der Waals surface area contributed by atoms with Gasteiger partial charge in [-0.3, -0.25) is 0 Å². The molecule has 0 fully saturated rings. The Kier molecular flexibility index (Phi) is 6.93. The number of nitrogens with one attached hydrogen (secondary N) is 1. The van der Waals surface area contributed by atoms with E-state index >= 15 is 0 Å². The van der Waals surface area contributed by atoms with Gasteiger partial charge in [-0.25, -0.2) is 18.0 Å². The zero-order chi connectivity index (χ0) is 15.1. The highest BCUT2D eigenvalue weighted by Crippen LogP contribution is 1.99. The number of carboxylic acids is 1. The maximum Gasteiger partial charge on any atom is 0.326 e. The lowest BCUT2D eigenvalue weighted by Crippen LogP contribution is -2.48. The van der Waals surface area contributed by atoms with Crippen LogP contribution in [0.15, 0.2) is 0 Å². The van der Waals surface area contributed by atoms with E-state index in [9.17, 15) is 18.0 Å². The van der Waals surface area contributed by atoms with Crippen LogP contribution in [0.5, 0.6) is 0 Å². The highest BCUT2D eigenvalue weighted by molar-refractivity contribution is 7.90. The first-order valence-electron chi connectivity index (χ1n) is 5.60. The second-order valence-electron chi connectivity index (χ2n) is 3.98. The summed E-state index contributed by atoms with van der Waals surface area (Å²) in [5.41, 5.74) is 0. The lowest BCUT2D eigenvalue weighted by molar-refractivity contribution is -0.139. The van der Waals surface area contributed by atoms with Crippen LogP contribution in [0.3, 0.4) is 0 Å². The minimum atomic E-state index is -3.29. The van der Waals surface area contributed by atoms with Gasteiger partial charge < -0.3 is 15.3 Å². The van der Waals surface area contributed by atoms with Crippen LogP contribution in [0.4, 0.5) is 4.79 Å². The number of nitrogens with zero attached hydrogens (tertiary/aromatic N) is 1. The molecular formula is C11H18N2O5S. The maximum absolute atomic E-state index is 11.7. The van der Waals surface area contributed by atoms with Crippen molar-refractivity contribution >= 4 is 21.8 Å². The van der Waals surface area contributed by atoms with Crippen molar-refractivity contribution in [2.45, 2.75) is 19.4 Å². The average Bonchev–Trinajstić information content (AvgIpc) is 2.29. The second kappa shape index (κ2) is 7.63. The highest BCUT2D eigenvalue weighted by Gasteiger charge is 2.23. The molecule has 0 spiro atoms. The van der Waals surface area contributed by atoms with E-state index in [1.54, 1.807) is 6.92 Å². The molecule has 2 N–H and O–H groups in total. The summed E-state index contributed by atoms with van der Waals surface area (Å²) in [5.74, 6) is 0.683. The number of sulfone groups is 1. The molecule has 0 aliphatic carbocycles. The van der Waals surface area contributed by atoms with Crippen LogP contribution in [0, 0.1) is 12.3 Å². The van der Waals surface area contributed by atoms with Crippen LogP contribution in [-0.2, 0) is 14.6 Å². The Hall–Kier alpha value is -1.75. The SMILES string of the molecule is C#CCN(CC)C(=O)NC(CCS(C)(=O)=O)C(=O)O. The van der Waals surface area contributed by atoms with Crippen molar-refractivity contribution in [2.24, 2.45) is 0 Å². The van der Waals surface area contributed by atoms with E-state index in [1.807, 2.05) is 0 Å². The number of urea groups is 1. The third-order valence-electron chi connectivity index (χ3n) is 2.32. The normalized spacial score (nSPS) is 12.3. The molecule has 0 bridgehead atoms. The molecule has 108 valence electrons. The summed E-state index contributed by atoms with van der Waals surface area (Å²) < 4.78 is 22.0. The summed E-state index contributed by atoms with van der Waals surface area (Å²) in [7, 11) is -3.29. The Balaban J connectivity index is 4.63. The van der Waals surface area contributed by atoms with Crippen molar-refractivity contribution in [1.82, 2.24) is 10.2 Å². The Morgan fingerprint density at radius 3 is 2.42 bits per heavy atom. The fourth-order valence-corrected chi connectivity index (χ4v) is 1.93. The summed E-state index contributed by atoms with van der Waals surface area (Å²) in [5, 5.41) is 11.2. The number of carboxylic acid groups (broad SMARTS) is 1. The van der Waals surface area contributed by atoms with Gasteiger partial charge in [-0.2, -0.15) is 0 Å². The zero-order valence-electron chi connectivity index (χ0n) is 10.9. The molecule has 1 unspecified atom stereocenters. The zero-order valence-corrected chi connectivity index (χ0v) is 11.7. The Morgan fingerprint density at radius 1 is 1.47 bits per heavy atom. The molecule has 2 amide bonds. The standard InChI is InChI=1S/C11H18N2O5S/c1-4-7-13(5-2)11(16)12-9(10(14)15)6-8-19(3,17)18/h1,9H,5-8H2,2-3H3,(H,12,16)(H,14,15). The van der Waals surface area contributed by atoms with E-state index in [1.165, 1.54) is 4.90 Å². The van der Waals surface area contributed by atoms with Gasteiger partial charge in [-0.05, 0) is 13.3 Å². The minimum absolute atomic E-state index is 0.0563. The van der Waals surface area contributed by atoms with Crippen molar-refractivity contribution in [3.8, 4) is 12.3 Å². The number of carbonyl (C=O) groups excluding carboxylic acids is 1. The van der Waals surface area contributed by atoms with Crippen molar-refractivity contribution in [1.29, 1.82) is 0 Å². The first-order chi connectivity index (χ1) is 8.71. The van der Waals surface area contributed by atoms with Crippen LogP contribution in [0.25, 0.3) is 0 Å². The van der Waals surface area contributed by atoms with E-state index in [4.69, 9.17) is 11.5 Å². The van der Waals surface area contributed by atoms with Gasteiger partial charge in [0.25, 0.3) is 0 Å². The van der Waals surface area contributed by atoms with Crippen LogP contribution in [-0.4, -0.2) is 61.6 Å². The molecule has 0 saturated carbocycles. The molecule has 19 heavy (non-hydrogen) atoms. The molecule has 0 saturated heterocycles. The molecule has 0 aromatic carbocycles. The molecule has 0 aliphatic rings. The summed E-state index contributed by atoms with van der Waals surface area (Å²) in [6.07, 6.45) is 5.90. The lowest BCUT2D eigenvalue weighted by Gasteiger charge is -2.21. The quantitative estimate of drug-likeness (QED) is 0.617. The molecule has 0 aromatic heterocycles. The topological polar surface area (TPSA) is 104 Å². The van der Waals surface area contributed by atoms with Gasteiger partial charge in [0.15, 0.2) is 0 Å². The monoisotopic (exact) mass is 290 g/mol. The summed E-state index contributed by atoms with van der Waals surface area (Å²) in [6.45, 7) is 2.08. The Labute approximate surface area is 112 Å². The first-order valence-corrected chi connectivity index (χ1v) is 7.66. The highest BCUT2D eigenvalue weighted by atomic mass is 32.2. The van der Waals surface area contributed by atoms with E-state index in [2.05, 4.69) is 11.2 Å². The molecule has 0 rings (SSSR count). The minimum Gasteiger partial charge on any atom is -0.480 e.